The zero-order valence-electron chi connectivity index (χ0n) is 15.7. The highest BCUT2D eigenvalue weighted by molar-refractivity contribution is 7.89. The van der Waals surface area contributed by atoms with Gasteiger partial charge in [-0.15, -0.1) is 0 Å². The second-order valence-electron chi connectivity index (χ2n) is 6.27. The summed E-state index contributed by atoms with van der Waals surface area (Å²) in [6.07, 6.45) is 0. The number of halogens is 1. The lowest BCUT2D eigenvalue weighted by Gasteiger charge is -2.26. The minimum absolute atomic E-state index is 0.186. The van der Waals surface area contributed by atoms with Crippen molar-refractivity contribution in [1.29, 1.82) is 0 Å². The zero-order chi connectivity index (χ0) is 19.5. The number of likely N-dealkylation sites (N-methyl/N-ethyl adjacent to an activating group) is 1. The molecule has 26 heavy (non-hydrogen) atoms. The van der Waals surface area contributed by atoms with Crippen LogP contribution in [0.4, 0.5) is 0 Å². The molecule has 144 valence electrons. The van der Waals surface area contributed by atoms with Crippen LogP contribution in [0.3, 0.4) is 0 Å². The first-order valence-electron chi connectivity index (χ1n) is 8.12. The number of benzene rings is 1. The number of rotatable bonds is 8. The average molecular weight is 401 g/mol. The molecule has 1 N–H and O–H groups in total. The van der Waals surface area contributed by atoms with E-state index in [2.05, 4.69) is 9.82 Å². The molecule has 0 amide bonds. The smallest absolute Gasteiger partial charge is 0.244 e. The molecule has 0 fully saturated rings. The molecule has 0 bridgehead atoms. The number of aromatic nitrogens is 2. The first kappa shape index (κ1) is 20.9. The van der Waals surface area contributed by atoms with Crippen molar-refractivity contribution in [2.45, 2.75) is 31.5 Å². The van der Waals surface area contributed by atoms with Crippen LogP contribution in [0.1, 0.15) is 23.0 Å². The number of hydrogen-bond acceptors (Lipinski definition) is 5. The van der Waals surface area contributed by atoms with Crippen LogP contribution in [0.5, 0.6) is 0 Å². The van der Waals surface area contributed by atoms with Gasteiger partial charge in [-0.3, -0.25) is 0 Å². The molecular formula is C17H25ClN4O3S. The van der Waals surface area contributed by atoms with E-state index < -0.39 is 10.0 Å². The van der Waals surface area contributed by atoms with E-state index >= 15 is 0 Å². The van der Waals surface area contributed by atoms with Crippen molar-refractivity contribution in [3.63, 3.8) is 0 Å². The summed E-state index contributed by atoms with van der Waals surface area (Å²) in [5.74, 6) is 0. The molecule has 7 nitrogen and oxygen atoms in total. The molecule has 2 aromatic rings. The van der Waals surface area contributed by atoms with Crippen molar-refractivity contribution < 1.29 is 13.2 Å². The largest absolute Gasteiger partial charge is 0.362 e. The maximum atomic E-state index is 12.9. The van der Waals surface area contributed by atoms with Crippen molar-refractivity contribution >= 4 is 21.6 Å². The standard InChI is InChI=1S/C17H25ClN4O3S/c1-12-17(13(2)22(20-12)11-25-5)26(23,24)19-10-16(21(3)4)14-8-6-7-9-15(14)18/h6-9,16,19H,10-11H2,1-5H3/t16-/m1/s1. The maximum Gasteiger partial charge on any atom is 0.244 e. The zero-order valence-corrected chi connectivity index (χ0v) is 17.2. The van der Waals surface area contributed by atoms with E-state index in [9.17, 15) is 8.42 Å². The molecule has 9 heteroatoms. The van der Waals surface area contributed by atoms with Crippen LogP contribution in [0, 0.1) is 13.8 Å². The molecule has 0 unspecified atom stereocenters. The predicted octanol–water partition coefficient (Wildman–Crippen LogP) is 2.34. The number of methoxy groups -OCH3 is 1. The van der Waals surface area contributed by atoms with Crippen molar-refractivity contribution in [2.24, 2.45) is 0 Å². The average Bonchev–Trinajstić information content (AvgIpc) is 2.84. The molecule has 1 heterocycles. The van der Waals surface area contributed by atoms with Crippen LogP contribution in [0.25, 0.3) is 0 Å². The third-order valence-electron chi connectivity index (χ3n) is 4.19. The van der Waals surface area contributed by atoms with Gasteiger partial charge in [-0.25, -0.2) is 17.8 Å². The summed E-state index contributed by atoms with van der Waals surface area (Å²) in [5, 5.41) is 4.84. The van der Waals surface area contributed by atoms with E-state index in [4.69, 9.17) is 16.3 Å². The van der Waals surface area contributed by atoms with E-state index in [1.54, 1.807) is 19.9 Å². The van der Waals surface area contributed by atoms with Crippen molar-refractivity contribution in [3.05, 3.63) is 46.2 Å². The number of nitrogens with one attached hydrogen (secondary N) is 1. The van der Waals surface area contributed by atoms with Gasteiger partial charge in [0.2, 0.25) is 10.0 Å². The summed E-state index contributed by atoms with van der Waals surface area (Å²) < 4.78 is 35.0. The fraction of sp³-hybridized carbons (Fsp3) is 0.471. The molecular weight excluding hydrogens is 376 g/mol. The van der Waals surface area contributed by atoms with Crippen LogP contribution in [-0.2, 0) is 21.5 Å². The van der Waals surface area contributed by atoms with Gasteiger partial charge < -0.3 is 9.64 Å². The Balaban J connectivity index is 2.28. The Labute approximate surface area is 160 Å². The minimum atomic E-state index is -3.73. The number of sulfonamides is 1. The highest BCUT2D eigenvalue weighted by Gasteiger charge is 2.26. The Morgan fingerprint density at radius 1 is 1.31 bits per heavy atom. The minimum Gasteiger partial charge on any atom is -0.362 e. The molecule has 1 aromatic carbocycles. The van der Waals surface area contributed by atoms with Gasteiger partial charge >= 0.3 is 0 Å². The Bertz CT molecular complexity index is 865. The molecule has 0 aliphatic carbocycles. The molecule has 0 radical (unpaired) electrons. The van der Waals surface area contributed by atoms with Crippen molar-refractivity contribution in [3.8, 4) is 0 Å². The second kappa shape index (κ2) is 8.49. The van der Waals surface area contributed by atoms with Gasteiger partial charge in [0.1, 0.15) is 11.6 Å². The summed E-state index contributed by atoms with van der Waals surface area (Å²) >= 11 is 6.29. The summed E-state index contributed by atoms with van der Waals surface area (Å²) in [6.45, 7) is 3.77. The molecule has 0 aliphatic rings. The quantitative estimate of drug-likeness (QED) is 0.736. The van der Waals surface area contributed by atoms with Crippen LogP contribution in [0.2, 0.25) is 5.02 Å². The SMILES string of the molecule is COCn1nc(C)c(S(=O)(=O)NC[C@H](c2ccccc2Cl)N(C)C)c1C. The van der Waals surface area contributed by atoms with Crippen LogP contribution < -0.4 is 4.72 Å². The first-order chi connectivity index (χ1) is 12.2. The molecule has 1 aromatic heterocycles. The van der Waals surface area contributed by atoms with Gasteiger partial charge in [0.25, 0.3) is 0 Å². The Morgan fingerprint density at radius 2 is 1.96 bits per heavy atom. The lowest BCUT2D eigenvalue weighted by Crippen LogP contribution is -2.35. The van der Waals surface area contributed by atoms with Crippen LogP contribution in [-0.4, -0.2) is 50.8 Å². The molecule has 2 rings (SSSR count). The summed E-state index contributed by atoms with van der Waals surface area (Å²) in [5.41, 5.74) is 1.84. The van der Waals surface area contributed by atoms with Gasteiger partial charge in [-0.05, 0) is 39.6 Å². The van der Waals surface area contributed by atoms with E-state index in [1.807, 2.05) is 37.2 Å². The van der Waals surface area contributed by atoms with Gasteiger partial charge in [-0.2, -0.15) is 5.10 Å². The van der Waals surface area contributed by atoms with Gasteiger partial charge in [0.15, 0.2) is 0 Å². The summed E-state index contributed by atoms with van der Waals surface area (Å²) in [7, 11) is 1.58. The first-order valence-corrected chi connectivity index (χ1v) is 9.98. The second-order valence-corrected chi connectivity index (χ2v) is 8.38. The fourth-order valence-electron chi connectivity index (χ4n) is 2.89. The molecule has 0 saturated heterocycles. The van der Waals surface area contributed by atoms with E-state index in [0.717, 1.165) is 5.56 Å². The molecule has 1 atom stereocenters. The third-order valence-corrected chi connectivity index (χ3v) is 6.21. The van der Waals surface area contributed by atoms with Gasteiger partial charge in [0.05, 0.1) is 11.4 Å². The Morgan fingerprint density at radius 3 is 2.54 bits per heavy atom. The maximum absolute atomic E-state index is 12.9. The van der Waals surface area contributed by atoms with Crippen LogP contribution in [0.15, 0.2) is 29.2 Å². The van der Waals surface area contributed by atoms with Crippen LogP contribution >= 0.6 is 11.6 Å². The molecule has 0 aliphatic heterocycles. The Kier molecular flexibility index (Phi) is 6.81. The third kappa shape index (κ3) is 4.44. The predicted molar refractivity (Wildman–Crippen MR) is 102 cm³/mol. The summed E-state index contributed by atoms with van der Waals surface area (Å²) in [6, 6.07) is 7.22. The number of nitrogens with zero attached hydrogens (tertiary/aromatic N) is 3. The van der Waals surface area contributed by atoms with Gasteiger partial charge in [0, 0.05) is 24.7 Å². The topological polar surface area (TPSA) is 76.5 Å². The summed E-state index contributed by atoms with van der Waals surface area (Å²) in [4.78, 5) is 2.11. The molecule has 0 spiro atoms. The monoisotopic (exact) mass is 400 g/mol. The number of aryl methyl sites for hydroxylation is 1. The number of hydrogen-bond donors (Lipinski definition) is 1. The lowest BCUT2D eigenvalue weighted by atomic mass is 10.1. The van der Waals surface area contributed by atoms with E-state index in [-0.39, 0.29) is 24.2 Å². The van der Waals surface area contributed by atoms with Crippen molar-refractivity contribution in [2.75, 3.05) is 27.7 Å². The Hall–Kier alpha value is -1.45. The number of ether oxygens (including phenoxy) is 1. The molecule has 0 saturated carbocycles. The highest BCUT2D eigenvalue weighted by atomic mass is 35.5. The van der Waals surface area contributed by atoms with E-state index in [0.29, 0.717) is 16.4 Å². The van der Waals surface area contributed by atoms with E-state index in [1.165, 1.54) is 11.8 Å². The van der Waals surface area contributed by atoms with Gasteiger partial charge in [-0.1, -0.05) is 29.8 Å². The normalized spacial score (nSPS) is 13.3. The van der Waals surface area contributed by atoms with Crippen molar-refractivity contribution in [1.82, 2.24) is 19.4 Å². The fourth-order valence-corrected chi connectivity index (χ4v) is 4.60. The highest BCUT2D eigenvalue weighted by Crippen LogP contribution is 2.26. The lowest BCUT2D eigenvalue weighted by molar-refractivity contribution is 0.118.